The van der Waals surface area contributed by atoms with Crippen LogP contribution in [0.5, 0.6) is 0 Å². The summed E-state index contributed by atoms with van der Waals surface area (Å²) in [4.78, 5) is 7.52. The molecule has 0 atom stereocenters. The number of thiazole rings is 1. The molecule has 58 heavy (non-hydrogen) atoms. The molecule has 272 valence electrons. The van der Waals surface area contributed by atoms with E-state index in [0.29, 0.717) is 0 Å². The van der Waals surface area contributed by atoms with E-state index < -0.39 is 0 Å². The minimum Gasteiger partial charge on any atom is -0.456 e. The lowest BCUT2D eigenvalue weighted by molar-refractivity contribution is 0.669. The van der Waals surface area contributed by atoms with Gasteiger partial charge in [-0.3, -0.25) is 0 Å². The Morgan fingerprint density at radius 1 is 0.414 bits per heavy atom. The standard InChI is InChI=1S/C53H32N2OS2/c1-2-11-36(12-3-1)53-54-52-49(58-53)31-30-45-51(52)42-29-24-37(32-46(42)56-45)33-20-25-38(26-21-33)55(44-17-9-19-48-50(44)43-15-6-7-18-47(43)57-48)39-27-22-35(23-28-39)41-16-8-13-34-10-4-5-14-40(34)41/h1-32H. The first-order valence-electron chi connectivity index (χ1n) is 19.4. The van der Waals surface area contributed by atoms with Gasteiger partial charge in [0.25, 0.3) is 0 Å². The summed E-state index contributed by atoms with van der Waals surface area (Å²) >= 11 is 3.57. The van der Waals surface area contributed by atoms with Crippen molar-refractivity contribution in [3.63, 3.8) is 0 Å². The van der Waals surface area contributed by atoms with E-state index in [2.05, 4.69) is 193 Å². The van der Waals surface area contributed by atoms with Crippen LogP contribution < -0.4 is 4.90 Å². The van der Waals surface area contributed by atoms with E-state index in [1.54, 1.807) is 11.3 Å². The van der Waals surface area contributed by atoms with Crippen LogP contribution in [-0.4, -0.2) is 4.98 Å². The van der Waals surface area contributed by atoms with E-state index in [1.807, 2.05) is 17.4 Å². The van der Waals surface area contributed by atoms with Crippen molar-refractivity contribution in [1.29, 1.82) is 0 Å². The third kappa shape index (κ3) is 5.36. The molecule has 0 saturated heterocycles. The Hall–Kier alpha value is -7.05. The third-order valence-electron chi connectivity index (χ3n) is 11.3. The molecule has 12 aromatic rings. The van der Waals surface area contributed by atoms with Gasteiger partial charge in [-0.1, -0.05) is 127 Å². The molecular weight excluding hydrogens is 745 g/mol. The molecule has 0 unspecified atom stereocenters. The zero-order valence-corrected chi connectivity index (χ0v) is 32.7. The molecule has 0 aliphatic rings. The van der Waals surface area contributed by atoms with Crippen molar-refractivity contribution in [2.24, 2.45) is 0 Å². The Bertz CT molecular complexity index is 3500. The maximum Gasteiger partial charge on any atom is 0.137 e. The second-order valence-corrected chi connectivity index (χ2v) is 16.8. The van der Waals surface area contributed by atoms with Crippen LogP contribution in [0.25, 0.3) is 95.9 Å². The molecule has 0 N–H and O–H groups in total. The van der Waals surface area contributed by atoms with Crippen molar-refractivity contribution in [2.45, 2.75) is 0 Å². The number of rotatable bonds is 6. The van der Waals surface area contributed by atoms with Crippen molar-refractivity contribution < 1.29 is 4.42 Å². The van der Waals surface area contributed by atoms with Crippen LogP contribution in [0.3, 0.4) is 0 Å². The Kier molecular flexibility index (Phi) is 7.58. The summed E-state index contributed by atoms with van der Waals surface area (Å²) in [6, 6.07) is 69.7. The Balaban J connectivity index is 0.954. The summed E-state index contributed by atoms with van der Waals surface area (Å²) < 4.78 is 10.2. The minimum atomic E-state index is 0.858. The fourth-order valence-corrected chi connectivity index (χ4v) is 10.7. The van der Waals surface area contributed by atoms with Gasteiger partial charge >= 0.3 is 0 Å². The van der Waals surface area contributed by atoms with Gasteiger partial charge in [0.15, 0.2) is 0 Å². The number of benzene rings is 9. The molecule has 0 fully saturated rings. The molecule has 3 aromatic heterocycles. The van der Waals surface area contributed by atoms with E-state index in [0.717, 1.165) is 70.9 Å². The van der Waals surface area contributed by atoms with Crippen LogP contribution in [0.15, 0.2) is 199 Å². The average Bonchev–Trinajstić information content (AvgIpc) is 4.01. The second kappa shape index (κ2) is 13.3. The molecule has 0 aliphatic carbocycles. The number of hydrogen-bond acceptors (Lipinski definition) is 5. The van der Waals surface area contributed by atoms with Gasteiger partial charge in [-0.25, -0.2) is 4.98 Å². The fraction of sp³-hybridized carbons (Fsp3) is 0. The van der Waals surface area contributed by atoms with Gasteiger partial charge in [0.2, 0.25) is 0 Å². The highest BCUT2D eigenvalue weighted by Crippen LogP contribution is 2.46. The number of nitrogens with zero attached hydrogens (tertiary/aromatic N) is 2. The number of thiophene rings is 1. The predicted octanol–water partition coefficient (Wildman–Crippen LogP) is 16.2. The molecule has 0 bridgehead atoms. The van der Waals surface area contributed by atoms with E-state index in [1.165, 1.54) is 42.1 Å². The number of furan rings is 1. The van der Waals surface area contributed by atoms with E-state index in [4.69, 9.17) is 9.40 Å². The van der Waals surface area contributed by atoms with Gasteiger partial charge in [0.1, 0.15) is 16.2 Å². The molecule has 0 radical (unpaired) electrons. The van der Waals surface area contributed by atoms with Gasteiger partial charge < -0.3 is 9.32 Å². The van der Waals surface area contributed by atoms with Crippen LogP contribution in [0.4, 0.5) is 17.1 Å². The molecule has 9 aromatic carbocycles. The van der Waals surface area contributed by atoms with Crippen LogP contribution in [-0.2, 0) is 0 Å². The normalized spacial score (nSPS) is 11.8. The average molecular weight is 777 g/mol. The van der Waals surface area contributed by atoms with Crippen LogP contribution >= 0.6 is 22.7 Å². The van der Waals surface area contributed by atoms with Gasteiger partial charge in [0.05, 0.1) is 21.3 Å². The van der Waals surface area contributed by atoms with Gasteiger partial charge in [-0.15, -0.1) is 22.7 Å². The Labute approximate surface area is 342 Å². The first kappa shape index (κ1) is 33.1. The maximum atomic E-state index is 6.51. The third-order valence-corrected chi connectivity index (χ3v) is 13.5. The summed E-state index contributed by atoms with van der Waals surface area (Å²) in [7, 11) is 0. The van der Waals surface area contributed by atoms with Crippen LogP contribution in [0.1, 0.15) is 0 Å². The minimum absolute atomic E-state index is 0.858. The Morgan fingerprint density at radius 3 is 1.95 bits per heavy atom. The van der Waals surface area contributed by atoms with Crippen LogP contribution in [0.2, 0.25) is 0 Å². The summed E-state index contributed by atoms with van der Waals surface area (Å²) in [6.45, 7) is 0. The number of hydrogen-bond donors (Lipinski definition) is 0. The highest BCUT2D eigenvalue weighted by molar-refractivity contribution is 7.26. The molecule has 0 saturated carbocycles. The summed E-state index contributed by atoms with van der Waals surface area (Å²) in [5, 5.41) is 8.23. The van der Waals surface area contributed by atoms with Crippen molar-refractivity contribution >= 4 is 103 Å². The van der Waals surface area contributed by atoms with Crippen molar-refractivity contribution in [3.05, 3.63) is 194 Å². The second-order valence-electron chi connectivity index (χ2n) is 14.7. The molecule has 12 rings (SSSR count). The Morgan fingerprint density at radius 2 is 1.10 bits per heavy atom. The first-order chi connectivity index (χ1) is 28.7. The molecule has 3 heterocycles. The topological polar surface area (TPSA) is 29.3 Å². The van der Waals surface area contributed by atoms with Crippen molar-refractivity contribution in [1.82, 2.24) is 4.98 Å². The highest BCUT2D eigenvalue weighted by Gasteiger charge is 2.20. The van der Waals surface area contributed by atoms with E-state index in [9.17, 15) is 0 Å². The summed E-state index contributed by atoms with van der Waals surface area (Å²) in [5.41, 5.74) is 11.9. The molecular formula is C53H32N2OS2. The van der Waals surface area contributed by atoms with Gasteiger partial charge in [-0.2, -0.15) is 0 Å². The van der Waals surface area contributed by atoms with E-state index in [-0.39, 0.29) is 0 Å². The predicted molar refractivity (Wildman–Crippen MR) is 248 cm³/mol. The largest absolute Gasteiger partial charge is 0.456 e. The lowest BCUT2D eigenvalue weighted by Crippen LogP contribution is -2.10. The lowest BCUT2D eigenvalue weighted by Gasteiger charge is -2.27. The van der Waals surface area contributed by atoms with Crippen molar-refractivity contribution in [2.75, 3.05) is 4.90 Å². The molecule has 0 aliphatic heterocycles. The lowest BCUT2D eigenvalue weighted by atomic mass is 9.98. The van der Waals surface area contributed by atoms with E-state index >= 15 is 0 Å². The zero-order chi connectivity index (χ0) is 38.2. The van der Waals surface area contributed by atoms with Crippen LogP contribution in [0, 0.1) is 0 Å². The fourth-order valence-electron chi connectivity index (χ4n) is 8.58. The molecule has 0 spiro atoms. The maximum absolute atomic E-state index is 6.51. The molecule has 3 nitrogen and oxygen atoms in total. The quantitative estimate of drug-likeness (QED) is 0.168. The number of fused-ring (bicyclic) bond motifs is 9. The van der Waals surface area contributed by atoms with Gasteiger partial charge in [-0.05, 0) is 99.8 Å². The smallest absolute Gasteiger partial charge is 0.137 e. The highest BCUT2D eigenvalue weighted by atomic mass is 32.1. The monoisotopic (exact) mass is 776 g/mol. The summed E-state index contributed by atoms with van der Waals surface area (Å²) in [5.74, 6) is 0. The number of aromatic nitrogens is 1. The molecule has 0 amide bonds. The molecule has 5 heteroatoms. The van der Waals surface area contributed by atoms with Gasteiger partial charge in [0, 0.05) is 42.5 Å². The number of anilines is 3. The van der Waals surface area contributed by atoms with Crippen molar-refractivity contribution in [3.8, 4) is 32.8 Å². The SMILES string of the molecule is c1ccc(-c2nc3c(ccc4oc5cc(-c6ccc(N(c7ccc(-c8cccc9ccccc89)cc7)c7cccc8sc9ccccc9c78)cc6)ccc5c43)s2)cc1. The zero-order valence-electron chi connectivity index (χ0n) is 31.1. The first-order valence-corrected chi connectivity index (χ1v) is 21.1. The summed E-state index contributed by atoms with van der Waals surface area (Å²) in [6.07, 6.45) is 0.